The van der Waals surface area contributed by atoms with Crippen LogP contribution in [0.4, 0.5) is 5.82 Å². The highest BCUT2D eigenvalue weighted by Gasteiger charge is 2.24. The minimum absolute atomic E-state index is 0.0621. The fourth-order valence-corrected chi connectivity index (χ4v) is 3.22. The molecule has 0 saturated carbocycles. The van der Waals surface area contributed by atoms with Crippen LogP contribution < -0.4 is 9.64 Å². The van der Waals surface area contributed by atoms with Crippen molar-refractivity contribution in [3.8, 4) is 17.3 Å². The molecule has 1 saturated heterocycles. The molecule has 0 unspecified atom stereocenters. The van der Waals surface area contributed by atoms with Crippen molar-refractivity contribution in [1.82, 2.24) is 30.0 Å². The summed E-state index contributed by atoms with van der Waals surface area (Å²) in [6.07, 6.45) is 3.23. The predicted molar refractivity (Wildman–Crippen MR) is 112 cm³/mol. The van der Waals surface area contributed by atoms with Crippen LogP contribution in [0.2, 0.25) is 0 Å². The standard InChI is InChI=1S/C21H25N7O2/c1-15(2)13-30-20-12-19(23-14-24-20)27-7-9-28(10-8-27)21(29)18-11-17(25-26-18)16-5-3-4-6-22-16/h3-6,11-12,14-15H,7-10,13H2,1-2H3,(H,25,26). The van der Waals surface area contributed by atoms with Crippen molar-refractivity contribution in [2.24, 2.45) is 5.92 Å². The van der Waals surface area contributed by atoms with E-state index in [1.165, 1.54) is 6.33 Å². The van der Waals surface area contributed by atoms with Crippen molar-refractivity contribution >= 4 is 11.7 Å². The normalized spacial score (nSPS) is 14.2. The number of amides is 1. The zero-order valence-corrected chi connectivity index (χ0v) is 17.2. The molecule has 3 aromatic heterocycles. The lowest BCUT2D eigenvalue weighted by Gasteiger charge is -2.35. The Bertz CT molecular complexity index is 982. The Morgan fingerprint density at radius 1 is 1.10 bits per heavy atom. The van der Waals surface area contributed by atoms with Crippen molar-refractivity contribution in [2.45, 2.75) is 13.8 Å². The van der Waals surface area contributed by atoms with Gasteiger partial charge in [0.15, 0.2) is 0 Å². The number of carbonyl (C=O) groups is 1. The van der Waals surface area contributed by atoms with Gasteiger partial charge in [-0.25, -0.2) is 9.97 Å². The zero-order chi connectivity index (χ0) is 20.9. The zero-order valence-electron chi connectivity index (χ0n) is 17.2. The second kappa shape index (κ2) is 8.89. The molecule has 30 heavy (non-hydrogen) atoms. The number of carbonyl (C=O) groups excluding carboxylic acids is 1. The summed E-state index contributed by atoms with van der Waals surface area (Å²) in [7, 11) is 0. The first-order valence-electron chi connectivity index (χ1n) is 10.1. The number of ether oxygens (including phenoxy) is 1. The second-order valence-electron chi connectivity index (χ2n) is 7.58. The Labute approximate surface area is 175 Å². The molecule has 4 rings (SSSR count). The number of hydrogen-bond donors (Lipinski definition) is 1. The van der Waals surface area contributed by atoms with Gasteiger partial charge in [0, 0.05) is 38.4 Å². The van der Waals surface area contributed by atoms with Gasteiger partial charge in [-0.2, -0.15) is 5.10 Å². The fourth-order valence-electron chi connectivity index (χ4n) is 3.22. The molecule has 1 aliphatic heterocycles. The van der Waals surface area contributed by atoms with Crippen LogP contribution in [-0.2, 0) is 0 Å². The number of aromatic amines is 1. The second-order valence-corrected chi connectivity index (χ2v) is 7.58. The van der Waals surface area contributed by atoms with Crippen LogP contribution in [0.5, 0.6) is 5.88 Å². The van der Waals surface area contributed by atoms with Gasteiger partial charge in [0.05, 0.1) is 12.3 Å². The number of hydrogen-bond acceptors (Lipinski definition) is 7. The number of anilines is 1. The van der Waals surface area contributed by atoms with Gasteiger partial charge < -0.3 is 14.5 Å². The minimum Gasteiger partial charge on any atom is -0.477 e. The van der Waals surface area contributed by atoms with E-state index < -0.39 is 0 Å². The van der Waals surface area contributed by atoms with E-state index in [9.17, 15) is 4.79 Å². The number of H-pyrrole nitrogens is 1. The number of nitrogens with one attached hydrogen (secondary N) is 1. The maximum atomic E-state index is 12.9. The molecule has 156 valence electrons. The summed E-state index contributed by atoms with van der Waals surface area (Å²) in [4.78, 5) is 29.6. The quantitative estimate of drug-likeness (QED) is 0.669. The topological polar surface area (TPSA) is 100 Å². The predicted octanol–water partition coefficient (Wildman–Crippen LogP) is 2.26. The molecule has 1 amide bonds. The average molecular weight is 407 g/mol. The lowest BCUT2D eigenvalue weighted by molar-refractivity contribution is 0.0740. The first-order chi connectivity index (χ1) is 14.6. The molecule has 0 spiro atoms. The van der Waals surface area contributed by atoms with Crippen LogP contribution in [0.15, 0.2) is 42.9 Å². The first-order valence-corrected chi connectivity index (χ1v) is 10.1. The van der Waals surface area contributed by atoms with E-state index in [2.05, 4.69) is 43.9 Å². The average Bonchev–Trinajstić information content (AvgIpc) is 3.28. The molecule has 0 radical (unpaired) electrons. The summed E-state index contributed by atoms with van der Waals surface area (Å²) in [6.45, 7) is 7.38. The number of nitrogens with zero attached hydrogens (tertiary/aromatic N) is 6. The maximum absolute atomic E-state index is 12.9. The van der Waals surface area contributed by atoms with Crippen molar-refractivity contribution in [3.63, 3.8) is 0 Å². The van der Waals surface area contributed by atoms with Crippen molar-refractivity contribution < 1.29 is 9.53 Å². The van der Waals surface area contributed by atoms with Crippen LogP contribution in [0.3, 0.4) is 0 Å². The summed E-state index contributed by atoms with van der Waals surface area (Å²) < 4.78 is 5.70. The number of piperazine rings is 1. The van der Waals surface area contributed by atoms with E-state index in [-0.39, 0.29) is 5.91 Å². The monoisotopic (exact) mass is 407 g/mol. The third-order valence-corrected chi connectivity index (χ3v) is 4.82. The van der Waals surface area contributed by atoms with Crippen LogP contribution in [-0.4, -0.2) is 68.7 Å². The Balaban J connectivity index is 1.36. The number of pyridine rings is 1. The fraction of sp³-hybridized carbons (Fsp3) is 0.381. The highest BCUT2D eigenvalue weighted by Crippen LogP contribution is 2.20. The van der Waals surface area contributed by atoms with Crippen LogP contribution in [0.25, 0.3) is 11.4 Å². The van der Waals surface area contributed by atoms with Crippen LogP contribution >= 0.6 is 0 Å². The smallest absolute Gasteiger partial charge is 0.272 e. The van der Waals surface area contributed by atoms with E-state index in [1.807, 2.05) is 29.2 Å². The number of aromatic nitrogens is 5. The SMILES string of the molecule is CC(C)COc1cc(N2CCN(C(=O)c3cc(-c4ccccn4)n[nH]3)CC2)ncn1. The Morgan fingerprint density at radius 2 is 1.93 bits per heavy atom. The molecule has 0 bridgehead atoms. The Kier molecular flexibility index (Phi) is 5.87. The van der Waals surface area contributed by atoms with E-state index in [0.717, 1.165) is 11.5 Å². The third-order valence-electron chi connectivity index (χ3n) is 4.82. The molecular formula is C21H25N7O2. The summed E-state index contributed by atoms with van der Waals surface area (Å²) in [5, 5.41) is 7.07. The van der Waals surface area contributed by atoms with E-state index >= 15 is 0 Å². The molecule has 0 atom stereocenters. The highest BCUT2D eigenvalue weighted by molar-refractivity contribution is 5.93. The maximum Gasteiger partial charge on any atom is 0.272 e. The number of rotatable bonds is 6. The molecule has 4 heterocycles. The molecule has 1 aliphatic rings. The van der Waals surface area contributed by atoms with Crippen molar-refractivity contribution in [2.75, 3.05) is 37.7 Å². The van der Waals surface area contributed by atoms with Gasteiger partial charge in [-0.05, 0) is 24.1 Å². The summed E-state index contributed by atoms with van der Waals surface area (Å²) >= 11 is 0. The first kappa shape index (κ1) is 19.8. The summed E-state index contributed by atoms with van der Waals surface area (Å²) in [5.74, 6) is 1.76. The summed E-state index contributed by atoms with van der Waals surface area (Å²) in [5.41, 5.74) is 1.86. The van der Waals surface area contributed by atoms with Gasteiger partial charge in [0.25, 0.3) is 5.91 Å². The molecule has 9 heteroatoms. The summed E-state index contributed by atoms with van der Waals surface area (Å²) in [6, 6.07) is 9.21. The molecular weight excluding hydrogens is 382 g/mol. The lowest BCUT2D eigenvalue weighted by atomic mass is 10.2. The largest absolute Gasteiger partial charge is 0.477 e. The third kappa shape index (κ3) is 4.56. The van der Waals surface area contributed by atoms with Gasteiger partial charge >= 0.3 is 0 Å². The molecule has 9 nitrogen and oxygen atoms in total. The molecule has 1 fully saturated rings. The molecule has 3 aromatic rings. The van der Waals surface area contributed by atoms with Crippen molar-refractivity contribution in [1.29, 1.82) is 0 Å². The molecule has 0 aliphatic carbocycles. The van der Waals surface area contributed by atoms with Gasteiger partial charge in [-0.15, -0.1) is 0 Å². The van der Waals surface area contributed by atoms with Gasteiger partial charge in [-0.1, -0.05) is 19.9 Å². The minimum atomic E-state index is -0.0621. The van der Waals surface area contributed by atoms with E-state index in [4.69, 9.17) is 4.74 Å². The van der Waals surface area contributed by atoms with Crippen LogP contribution in [0.1, 0.15) is 24.3 Å². The highest BCUT2D eigenvalue weighted by atomic mass is 16.5. The van der Waals surface area contributed by atoms with Crippen LogP contribution in [0, 0.1) is 5.92 Å². The van der Waals surface area contributed by atoms with Crippen molar-refractivity contribution in [3.05, 3.63) is 48.5 Å². The van der Waals surface area contributed by atoms with Gasteiger partial charge in [-0.3, -0.25) is 14.9 Å². The van der Waals surface area contributed by atoms with Gasteiger partial charge in [0.2, 0.25) is 5.88 Å². The van der Waals surface area contributed by atoms with E-state index in [0.29, 0.717) is 56.0 Å². The van der Waals surface area contributed by atoms with E-state index in [1.54, 1.807) is 12.3 Å². The van der Waals surface area contributed by atoms with Gasteiger partial charge in [0.1, 0.15) is 23.5 Å². The molecule has 1 N–H and O–H groups in total. The lowest BCUT2D eigenvalue weighted by Crippen LogP contribution is -2.49. The molecule has 0 aromatic carbocycles. The Hall–Kier alpha value is -3.49. The Morgan fingerprint density at radius 3 is 2.67 bits per heavy atom.